The lowest BCUT2D eigenvalue weighted by Gasteiger charge is -2.32. The molecule has 1 fully saturated rings. The summed E-state index contributed by atoms with van der Waals surface area (Å²) in [6.07, 6.45) is 5.61. The van der Waals surface area contributed by atoms with Crippen molar-refractivity contribution in [2.24, 2.45) is 5.92 Å². The summed E-state index contributed by atoms with van der Waals surface area (Å²) in [6.45, 7) is 1.91. The van der Waals surface area contributed by atoms with E-state index in [9.17, 15) is 17.6 Å². The molecule has 0 amide bonds. The quantitative estimate of drug-likeness (QED) is 0.260. The Kier molecular flexibility index (Phi) is 8.77. The van der Waals surface area contributed by atoms with Crippen LogP contribution in [0, 0.1) is 52.2 Å². The van der Waals surface area contributed by atoms with E-state index < -0.39 is 34.9 Å². The number of nitrogens with zero attached hydrogens (tertiary/aromatic N) is 1. The van der Waals surface area contributed by atoms with Gasteiger partial charge in [0.1, 0.15) is 17.7 Å². The molecule has 0 heterocycles. The molecule has 0 aliphatic heterocycles. The predicted octanol–water partition coefficient (Wildman–Crippen LogP) is 9.52. The molecule has 3 aromatic carbocycles. The molecule has 216 valence electrons. The van der Waals surface area contributed by atoms with E-state index in [1.54, 1.807) is 18.2 Å². The Hall–Kier alpha value is -3.27. The van der Waals surface area contributed by atoms with Gasteiger partial charge in [-0.25, -0.2) is 26.3 Å². The van der Waals surface area contributed by atoms with Gasteiger partial charge in [0.2, 0.25) is 0 Å². The highest BCUT2D eigenvalue weighted by Gasteiger charge is 2.33. The van der Waals surface area contributed by atoms with Crippen molar-refractivity contribution in [1.82, 2.24) is 0 Å². The molecule has 7 heteroatoms. The zero-order chi connectivity index (χ0) is 29.3. The minimum absolute atomic E-state index is 0.0804. The second-order valence-corrected chi connectivity index (χ2v) is 11.6. The number of rotatable bonds is 7. The van der Waals surface area contributed by atoms with Gasteiger partial charge in [0.15, 0.2) is 23.3 Å². The lowest BCUT2D eigenvalue weighted by atomic mass is 9.74. The number of hydrogen-bond acceptors (Lipinski definition) is 1. The van der Waals surface area contributed by atoms with Crippen molar-refractivity contribution in [3.05, 3.63) is 104 Å². The smallest absolute Gasteiger partial charge is 0.176 e. The van der Waals surface area contributed by atoms with Gasteiger partial charge in [-0.2, -0.15) is 5.26 Å². The van der Waals surface area contributed by atoms with Gasteiger partial charge in [-0.15, -0.1) is 0 Å². The van der Waals surface area contributed by atoms with Crippen molar-refractivity contribution in [2.45, 2.75) is 89.4 Å². The van der Waals surface area contributed by atoms with E-state index in [-0.39, 0.29) is 34.4 Å². The highest BCUT2D eigenvalue weighted by molar-refractivity contribution is 5.40. The predicted molar refractivity (Wildman–Crippen MR) is 146 cm³/mol. The first-order valence-electron chi connectivity index (χ1n) is 14.6. The molecule has 1 saturated carbocycles. The van der Waals surface area contributed by atoms with Gasteiger partial charge in [0.25, 0.3) is 0 Å². The van der Waals surface area contributed by atoms with Crippen LogP contribution in [0.4, 0.5) is 26.3 Å². The fourth-order valence-electron chi connectivity index (χ4n) is 6.86. The maximum Gasteiger partial charge on any atom is 0.176 e. The maximum atomic E-state index is 15.7. The third kappa shape index (κ3) is 5.76. The number of aryl methyl sites for hydroxylation is 2. The average molecular weight is 570 g/mol. The van der Waals surface area contributed by atoms with E-state index in [0.717, 1.165) is 6.42 Å². The lowest BCUT2D eigenvalue weighted by molar-refractivity contribution is 0.360. The third-order valence-corrected chi connectivity index (χ3v) is 9.15. The monoisotopic (exact) mass is 569 g/mol. The van der Waals surface area contributed by atoms with Crippen LogP contribution in [0.15, 0.2) is 30.3 Å². The fraction of sp³-hybridized carbons (Fsp3) is 0.441. The maximum absolute atomic E-state index is 15.7. The van der Waals surface area contributed by atoms with E-state index in [4.69, 9.17) is 5.26 Å². The van der Waals surface area contributed by atoms with Crippen molar-refractivity contribution in [3.63, 3.8) is 0 Å². The normalized spacial score (nSPS) is 20.5. The van der Waals surface area contributed by atoms with Crippen LogP contribution in [-0.4, -0.2) is 0 Å². The molecule has 41 heavy (non-hydrogen) atoms. The molecule has 3 aromatic rings. The van der Waals surface area contributed by atoms with Crippen molar-refractivity contribution < 1.29 is 26.3 Å². The molecule has 0 bridgehead atoms. The van der Waals surface area contributed by atoms with Gasteiger partial charge < -0.3 is 0 Å². The summed E-state index contributed by atoms with van der Waals surface area (Å²) in [4.78, 5) is 0. The van der Waals surface area contributed by atoms with E-state index in [0.29, 0.717) is 86.5 Å². The van der Waals surface area contributed by atoms with Crippen molar-refractivity contribution in [1.29, 1.82) is 5.26 Å². The molecule has 0 aromatic heterocycles. The topological polar surface area (TPSA) is 23.8 Å². The molecule has 0 N–H and O–H groups in total. The fourth-order valence-corrected chi connectivity index (χ4v) is 6.86. The number of halogens is 6. The summed E-state index contributed by atoms with van der Waals surface area (Å²) in [5, 5.41) is 8.92. The van der Waals surface area contributed by atoms with Crippen molar-refractivity contribution >= 4 is 0 Å². The molecule has 0 spiro atoms. The zero-order valence-corrected chi connectivity index (χ0v) is 23.1. The van der Waals surface area contributed by atoms with Gasteiger partial charge in [-0.05, 0) is 122 Å². The van der Waals surface area contributed by atoms with Crippen LogP contribution in [0.1, 0.15) is 103 Å². The molecule has 0 radical (unpaired) electrons. The number of benzene rings is 3. The van der Waals surface area contributed by atoms with Crippen LogP contribution in [0.2, 0.25) is 0 Å². The first kappa shape index (κ1) is 29.2. The molecular formula is C34H33F6N. The summed E-state index contributed by atoms with van der Waals surface area (Å²) in [6, 6.07) is 9.06. The summed E-state index contributed by atoms with van der Waals surface area (Å²) in [7, 11) is 0. The number of fused-ring (bicyclic) bond motifs is 1. The molecule has 1 nitrogen and oxygen atoms in total. The van der Waals surface area contributed by atoms with Gasteiger partial charge in [0, 0.05) is 5.56 Å². The molecule has 0 saturated heterocycles. The highest BCUT2D eigenvalue weighted by atomic mass is 19.2. The summed E-state index contributed by atoms with van der Waals surface area (Å²) >= 11 is 0. The summed E-state index contributed by atoms with van der Waals surface area (Å²) in [5.74, 6) is -5.35. The number of nitriles is 1. The first-order chi connectivity index (χ1) is 19.7. The Morgan fingerprint density at radius 2 is 1.41 bits per heavy atom. The Bertz CT molecular complexity index is 1480. The molecule has 2 aliphatic rings. The Morgan fingerprint density at radius 3 is 2.07 bits per heavy atom. The Labute approximate surface area is 237 Å². The minimum atomic E-state index is -1.15. The highest BCUT2D eigenvalue weighted by Crippen LogP contribution is 2.44. The van der Waals surface area contributed by atoms with Crippen molar-refractivity contribution in [2.75, 3.05) is 0 Å². The molecule has 2 aliphatic carbocycles. The van der Waals surface area contributed by atoms with Crippen LogP contribution in [0.25, 0.3) is 0 Å². The molecule has 1 unspecified atom stereocenters. The Morgan fingerprint density at radius 1 is 0.756 bits per heavy atom. The largest absolute Gasteiger partial charge is 0.207 e. The summed E-state index contributed by atoms with van der Waals surface area (Å²) in [5.41, 5.74) is 1.82. The van der Waals surface area contributed by atoms with Gasteiger partial charge >= 0.3 is 0 Å². The molecule has 5 rings (SSSR count). The third-order valence-electron chi connectivity index (χ3n) is 9.15. The zero-order valence-electron chi connectivity index (χ0n) is 23.1. The standard InChI is InChI=1S/C34H33F6N/c1-2-3-22-11-12-23(31(37)30(22)36)6-4-19-5-14-27-25(16-19)17-28(35)29(33(27)39)21-9-7-20(8-10-21)26-15-13-24(18-41)32(38)34(26)40/h11-13,15,17,19-21H,2-10,14,16H2,1H3. The van der Waals surface area contributed by atoms with Gasteiger partial charge in [-0.1, -0.05) is 31.5 Å². The minimum Gasteiger partial charge on any atom is -0.207 e. The summed E-state index contributed by atoms with van der Waals surface area (Å²) < 4.78 is 88.7. The van der Waals surface area contributed by atoms with Crippen molar-refractivity contribution in [3.8, 4) is 6.07 Å². The van der Waals surface area contributed by atoms with Crippen LogP contribution in [-0.2, 0) is 25.7 Å². The van der Waals surface area contributed by atoms with E-state index in [1.165, 1.54) is 18.2 Å². The SMILES string of the molecule is CCCc1ccc(CCC2CCc3c(cc(F)c(C4CCC(c5ccc(C#N)c(F)c5F)CC4)c3F)C2)c(F)c1F. The average Bonchev–Trinajstić information content (AvgIpc) is 2.97. The van der Waals surface area contributed by atoms with Gasteiger partial charge in [-0.3, -0.25) is 0 Å². The second kappa shape index (κ2) is 12.3. The second-order valence-electron chi connectivity index (χ2n) is 11.6. The lowest BCUT2D eigenvalue weighted by Crippen LogP contribution is -2.21. The van der Waals surface area contributed by atoms with Crippen LogP contribution >= 0.6 is 0 Å². The van der Waals surface area contributed by atoms with Crippen LogP contribution < -0.4 is 0 Å². The van der Waals surface area contributed by atoms with E-state index in [2.05, 4.69) is 0 Å². The molecule has 1 atom stereocenters. The molecular weight excluding hydrogens is 536 g/mol. The van der Waals surface area contributed by atoms with Crippen LogP contribution in [0.3, 0.4) is 0 Å². The first-order valence-corrected chi connectivity index (χ1v) is 14.6. The Balaban J connectivity index is 1.25. The van der Waals surface area contributed by atoms with Crippen LogP contribution in [0.5, 0.6) is 0 Å². The van der Waals surface area contributed by atoms with E-state index in [1.807, 2.05) is 6.92 Å². The van der Waals surface area contributed by atoms with Gasteiger partial charge in [0.05, 0.1) is 5.56 Å². The number of hydrogen-bond donors (Lipinski definition) is 0. The van der Waals surface area contributed by atoms with E-state index >= 15 is 8.78 Å².